The van der Waals surface area contributed by atoms with Crippen LogP contribution in [-0.2, 0) is 0 Å². The zero-order valence-corrected chi connectivity index (χ0v) is 26.7. The molecular weight excluding hydrogens is 611 g/mol. The van der Waals surface area contributed by atoms with Crippen LogP contribution in [0, 0.1) is 29.2 Å². The predicted octanol–water partition coefficient (Wildman–Crippen LogP) is 11.5. The normalized spacial score (nSPS) is 11.1. The van der Waals surface area contributed by atoms with Crippen LogP contribution in [0.25, 0.3) is 82.1 Å². The lowest BCUT2D eigenvalue weighted by Gasteiger charge is -2.18. The van der Waals surface area contributed by atoms with E-state index in [0.717, 1.165) is 71.6 Å². The van der Waals surface area contributed by atoms with Gasteiger partial charge in [0.05, 0.1) is 57.6 Å². The number of hydrogen-bond acceptors (Lipinski definition) is 2. The van der Waals surface area contributed by atoms with E-state index in [9.17, 15) is 10.5 Å². The Bertz CT molecular complexity index is 2900. The molecule has 0 aliphatic carbocycles. The molecule has 0 unspecified atom stereocenters. The number of nitrogens with zero attached hydrogens (tertiary/aromatic N) is 5. The average molecular weight is 636 g/mol. The summed E-state index contributed by atoms with van der Waals surface area (Å²) in [5.74, 6) is 0. The first-order valence-corrected chi connectivity index (χ1v) is 16.3. The minimum Gasteiger partial charge on any atom is -0.318 e. The monoisotopic (exact) mass is 635 g/mol. The number of aromatic nitrogens is 2. The number of benzene rings is 7. The van der Waals surface area contributed by atoms with Crippen molar-refractivity contribution in [3.05, 3.63) is 174 Å². The molecule has 0 aliphatic rings. The van der Waals surface area contributed by atoms with Crippen molar-refractivity contribution in [2.24, 2.45) is 0 Å². The van der Waals surface area contributed by atoms with Gasteiger partial charge in [-0.05, 0) is 71.3 Å². The van der Waals surface area contributed by atoms with Crippen molar-refractivity contribution in [3.63, 3.8) is 0 Å². The average Bonchev–Trinajstić information content (AvgIpc) is 3.70. The van der Waals surface area contributed by atoms with Crippen LogP contribution in [0.15, 0.2) is 152 Å². The van der Waals surface area contributed by atoms with Crippen LogP contribution in [-0.4, -0.2) is 9.13 Å². The van der Waals surface area contributed by atoms with Crippen LogP contribution in [0.3, 0.4) is 0 Å². The Balaban J connectivity index is 1.21. The summed E-state index contributed by atoms with van der Waals surface area (Å²) in [6, 6.07) is 55.5. The molecule has 0 amide bonds. The van der Waals surface area contributed by atoms with Crippen molar-refractivity contribution in [1.82, 2.24) is 9.13 Å². The van der Waals surface area contributed by atoms with E-state index in [4.69, 9.17) is 6.57 Å². The number of fused-ring (bicyclic) bond motifs is 6. The Kier molecular flexibility index (Phi) is 6.56. The molecule has 0 radical (unpaired) electrons. The minimum atomic E-state index is 0.480. The van der Waals surface area contributed by atoms with Gasteiger partial charge in [-0.3, -0.25) is 0 Å². The fourth-order valence-corrected chi connectivity index (χ4v) is 7.42. The second kappa shape index (κ2) is 11.4. The van der Waals surface area contributed by atoms with E-state index in [1.54, 1.807) is 12.1 Å². The largest absolute Gasteiger partial charge is 0.318 e. The van der Waals surface area contributed by atoms with Crippen molar-refractivity contribution < 1.29 is 0 Å². The fraction of sp³-hybridized carbons (Fsp3) is 0. The summed E-state index contributed by atoms with van der Waals surface area (Å²) in [6.07, 6.45) is 0. The van der Waals surface area contributed by atoms with Crippen LogP contribution in [0.2, 0.25) is 0 Å². The van der Waals surface area contributed by atoms with Crippen molar-refractivity contribution in [2.45, 2.75) is 0 Å². The third kappa shape index (κ3) is 4.31. The Labute approximate surface area is 288 Å². The molecule has 7 aromatic carbocycles. The molecule has 230 valence electrons. The molecule has 0 N–H and O–H groups in total. The summed E-state index contributed by atoms with van der Waals surface area (Å²) in [4.78, 5) is 3.97. The van der Waals surface area contributed by atoms with Crippen molar-refractivity contribution in [1.29, 1.82) is 10.5 Å². The van der Waals surface area contributed by atoms with Gasteiger partial charge < -0.3 is 9.13 Å². The van der Waals surface area contributed by atoms with Crippen LogP contribution < -0.4 is 0 Å². The van der Waals surface area contributed by atoms with Crippen molar-refractivity contribution in [3.8, 4) is 45.8 Å². The van der Waals surface area contributed by atoms with E-state index in [0.29, 0.717) is 22.5 Å². The van der Waals surface area contributed by atoms with Gasteiger partial charge in [0.25, 0.3) is 0 Å². The van der Waals surface area contributed by atoms with Gasteiger partial charge in [-0.1, -0.05) is 97.1 Å². The van der Waals surface area contributed by atoms with Crippen LogP contribution in [0.1, 0.15) is 11.1 Å². The molecule has 0 aliphatic heterocycles. The molecular formula is C45H25N5. The van der Waals surface area contributed by atoms with E-state index in [-0.39, 0.29) is 0 Å². The lowest BCUT2D eigenvalue weighted by molar-refractivity contribution is 1.18. The Morgan fingerprint density at radius 1 is 0.480 bits per heavy atom. The third-order valence-electron chi connectivity index (χ3n) is 9.61. The highest BCUT2D eigenvalue weighted by Gasteiger charge is 2.22. The van der Waals surface area contributed by atoms with Crippen molar-refractivity contribution >= 4 is 49.3 Å². The van der Waals surface area contributed by atoms with Gasteiger partial charge in [-0.2, -0.15) is 10.5 Å². The summed E-state index contributed by atoms with van der Waals surface area (Å²) in [6.45, 7) is 8.18. The zero-order valence-electron chi connectivity index (χ0n) is 26.7. The SMILES string of the molecule is [C-]#[N+]c1ccc(C#N)c(-c2cccc(-c3ccc(-n4c5ccccc5c5cc(C#N)ccc54)cc3)c2)c1-n1c2ccccc2c2ccccc21. The lowest BCUT2D eigenvalue weighted by atomic mass is 9.93. The summed E-state index contributed by atoms with van der Waals surface area (Å²) in [7, 11) is 0. The molecule has 0 bridgehead atoms. The number of nitriles is 2. The molecule has 0 atom stereocenters. The number of rotatable bonds is 4. The quantitative estimate of drug-likeness (QED) is 0.181. The summed E-state index contributed by atoms with van der Waals surface area (Å²) < 4.78 is 4.38. The van der Waals surface area contributed by atoms with Crippen LogP contribution in [0.4, 0.5) is 5.69 Å². The summed E-state index contributed by atoms with van der Waals surface area (Å²) in [5.41, 5.74) is 11.1. The van der Waals surface area contributed by atoms with E-state index in [1.165, 1.54) is 0 Å². The maximum atomic E-state index is 10.4. The maximum absolute atomic E-state index is 10.4. The third-order valence-corrected chi connectivity index (χ3v) is 9.61. The van der Waals surface area contributed by atoms with Gasteiger partial charge in [0.15, 0.2) is 0 Å². The highest BCUT2D eigenvalue weighted by molar-refractivity contribution is 6.11. The van der Waals surface area contributed by atoms with Gasteiger partial charge in [0, 0.05) is 32.8 Å². The molecule has 9 aromatic rings. The molecule has 2 aromatic heterocycles. The molecule has 0 fully saturated rings. The molecule has 0 saturated carbocycles. The topological polar surface area (TPSA) is 61.8 Å². The minimum absolute atomic E-state index is 0.480. The van der Waals surface area contributed by atoms with Gasteiger partial charge in [-0.25, -0.2) is 4.85 Å². The summed E-state index contributed by atoms with van der Waals surface area (Å²) >= 11 is 0. The highest BCUT2D eigenvalue weighted by atomic mass is 15.0. The van der Waals surface area contributed by atoms with Gasteiger partial charge in [-0.15, -0.1) is 0 Å². The first kappa shape index (κ1) is 28.8. The smallest absolute Gasteiger partial charge is 0.211 e. The summed E-state index contributed by atoms with van der Waals surface area (Å²) in [5, 5.41) is 24.3. The van der Waals surface area contributed by atoms with Gasteiger partial charge in [0.2, 0.25) is 5.69 Å². The Morgan fingerprint density at radius 3 is 1.72 bits per heavy atom. The fourth-order valence-electron chi connectivity index (χ4n) is 7.42. The van der Waals surface area contributed by atoms with Gasteiger partial charge in [0.1, 0.15) is 0 Å². The Morgan fingerprint density at radius 2 is 1.08 bits per heavy atom. The van der Waals surface area contributed by atoms with Gasteiger partial charge >= 0.3 is 0 Å². The lowest BCUT2D eigenvalue weighted by Crippen LogP contribution is -2.00. The van der Waals surface area contributed by atoms with E-state index < -0.39 is 0 Å². The van der Waals surface area contributed by atoms with E-state index in [2.05, 4.69) is 98.9 Å². The molecule has 9 rings (SSSR count). The number of para-hydroxylation sites is 3. The maximum Gasteiger partial charge on any atom is 0.211 e. The van der Waals surface area contributed by atoms with E-state index in [1.807, 2.05) is 66.7 Å². The second-order valence-electron chi connectivity index (χ2n) is 12.3. The molecule has 0 spiro atoms. The highest BCUT2D eigenvalue weighted by Crippen LogP contribution is 2.43. The Hall–Kier alpha value is -7.39. The van der Waals surface area contributed by atoms with Crippen molar-refractivity contribution in [2.75, 3.05) is 0 Å². The first-order chi connectivity index (χ1) is 24.7. The molecule has 5 nitrogen and oxygen atoms in total. The zero-order chi connectivity index (χ0) is 33.8. The number of hydrogen-bond donors (Lipinski definition) is 0. The van der Waals surface area contributed by atoms with Crippen LogP contribution >= 0.6 is 0 Å². The van der Waals surface area contributed by atoms with Crippen LogP contribution in [0.5, 0.6) is 0 Å². The molecule has 5 heteroatoms. The standard InChI is InChI=1S/C45H25N5/c1-48-39-23-20-33(28-47)44(45(39)50-41-15-6-2-11-35(41)36-12-3-7-16-42(36)50)32-10-8-9-31(26-32)30-18-21-34(22-19-30)49-40-14-5-4-13-37(40)38-25-29(27-46)17-24-43(38)49/h2-26H. The second-order valence-corrected chi connectivity index (χ2v) is 12.3. The molecule has 50 heavy (non-hydrogen) atoms. The predicted molar refractivity (Wildman–Crippen MR) is 202 cm³/mol. The van der Waals surface area contributed by atoms with E-state index >= 15 is 0 Å². The molecule has 2 heterocycles. The first-order valence-electron chi connectivity index (χ1n) is 16.3. The molecule has 0 saturated heterocycles.